The number of rotatable bonds is 3. The van der Waals surface area contributed by atoms with Crippen LogP contribution < -0.4 is 10.6 Å². The summed E-state index contributed by atoms with van der Waals surface area (Å²) in [4.78, 5) is 15.6. The normalized spacial score (nSPS) is 23.4. The summed E-state index contributed by atoms with van der Waals surface area (Å²) in [5, 5.41) is 14.7. The number of amides is 2. The van der Waals surface area contributed by atoms with Crippen LogP contribution in [0, 0.1) is 0 Å². The van der Waals surface area contributed by atoms with E-state index in [0.29, 0.717) is 25.3 Å². The number of carbonyl (C=O) groups excluding carboxylic acids is 1. The smallest absolute Gasteiger partial charge is 0.319 e. The maximum Gasteiger partial charge on any atom is 0.319 e. The Balaban J connectivity index is 1.93. The molecule has 0 aliphatic carbocycles. The van der Waals surface area contributed by atoms with Crippen LogP contribution in [-0.4, -0.2) is 41.5 Å². The van der Waals surface area contributed by atoms with E-state index in [-0.39, 0.29) is 12.6 Å². The lowest BCUT2D eigenvalue weighted by Gasteiger charge is -2.26. The lowest BCUT2D eigenvalue weighted by Crippen LogP contribution is -2.53. The molecule has 92 valence electrons. The molecule has 1 aliphatic rings. The van der Waals surface area contributed by atoms with Crippen molar-refractivity contribution in [2.45, 2.75) is 12.0 Å². The van der Waals surface area contributed by atoms with Gasteiger partial charge in [0.05, 0.1) is 18.8 Å². The molecule has 6 nitrogen and oxygen atoms in total. The summed E-state index contributed by atoms with van der Waals surface area (Å²) >= 11 is 0. The van der Waals surface area contributed by atoms with Gasteiger partial charge >= 0.3 is 6.03 Å². The van der Waals surface area contributed by atoms with E-state index in [1.54, 1.807) is 24.5 Å². The van der Waals surface area contributed by atoms with Crippen LogP contribution >= 0.6 is 0 Å². The fraction of sp³-hybridized carbons (Fsp3) is 0.455. The number of aliphatic hydroxyl groups excluding tert-OH is 1. The molecule has 1 aromatic rings. The number of anilines is 1. The van der Waals surface area contributed by atoms with Gasteiger partial charge in [-0.25, -0.2) is 4.79 Å². The summed E-state index contributed by atoms with van der Waals surface area (Å²) in [5.74, 6) is 0. The van der Waals surface area contributed by atoms with Crippen molar-refractivity contribution in [1.82, 2.24) is 10.3 Å². The van der Waals surface area contributed by atoms with Crippen LogP contribution in [0.25, 0.3) is 0 Å². The molecule has 0 saturated carbocycles. The van der Waals surface area contributed by atoms with Gasteiger partial charge in [-0.3, -0.25) is 4.98 Å². The van der Waals surface area contributed by atoms with Crippen LogP contribution in [0.15, 0.2) is 24.5 Å². The van der Waals surface area contributed by atoms with Crippen molar-refractivity contribution in [1.29, 1.82) is 0 Å². The summed E-state index contributed by atoms with van der Waals surface area (Å²) < 4.78 is 5.19. The number of hydrogen-bond donors (Lipinski definition) is 3. The first-order valence-electron chi connectivity index (χ1n) is 5.42. The average Bonchev–Trinajstić information content (AvgIpc) is 2.79. The van der Waals surface area contributed by atoms with Crippen molar-refractivity contribution in [3.8, 4) is 0 Å². The van der Waals surface area contributed by atoms with Gasteiger partial charge in [0, 0.05) is 24.7 Å². The molecule has 1 atom stereocenters. The summed E-state index contributed by atoms with van der Waals surface area (Å²) in [6.45, 7) is 0.764. The Morgan fingerprint density at radius 2 is 2.29 bits per heavy atom. The second-order valence-electron chi connectivity index (χ2n) is 4.06. The Kier molecular flexibility index (Phi) is 3.55. The standard InChI is InChI=1S/C11H15N3O3/c15-7-11(3-6-17-8-11)14-10(16)13-9-1-4-12-5-2-9/h1-2,4-5,15H,3,6-8H2,(H2,12,13,14,16). The van der Waals surface area contributed by atoms with E-state index in [1.165, 1.54) is 0 Å². The third-order valence-corrected chi connectivity index (χ3v) is 2.72. The van der Waals surface area contributed by atoms with Crippen molar-refractivity contribution < 1.29 is 14.6 Å². The second kappa shape index (κ2) is 5.11. The Hall–Kier alpha value is -1.66. The maximum absolute atomic E-state index is 11.7. The quantitative estimate of drug-likeness (QED) is 0.708. The largest absolute Gasteiger partial charge is 0.394 e. The van der Waals surface area contributed by atoms with Gasteiger partial charge < -0.3 is 20.5 Å². The topological polar surface area (TPSA) is 83.5 Å². The van der Waals surface area contributed by atoms with Crippen molar-refractivity contribution in [3.05, 3.63) is 24.5 Å². The van der Waals surface area contributed by atoms with Crippen LogP contribution in [0.3, 0.4) is 0 Å². The highest BCUT2D eigenvalue weighted by Crippen LogP contribution is 2.18. The summed E-state index contributed by atoms with van der Waals surface area (Å²) in [6.07, 6.45) is 3.81. The van der Waals surface area contributed by atoms with Gasteiger partial charge in [0.2, 0.25) is 0 Å². The molecule has 1 aliphatic heterocycles. The zero-order valence-electron chi connectivity index (χ0n) is 9.35. The first-order valence-corrected chi connectivity index (χ1v) is 5.42. The molecule has 0 aromatic carbocycles. The lowest BCUT2D eigenvalue weighted by molar-refractivity contribution is 0.126. The summed E-state index contributed by atoms with van der Waals surface area (Å²) in [5.41, 5.74) is 0.00131. The van der Waals surface area contributed by atoms with Gasteiger partial charge in [-0.1, -0.05) is 0 Å². The van der Waals surface area contributed by atoms with E-state index in [2.05, 4.69) is 15.6 Å². The Labute approximate surface area is 99.0 Å². The van der Waals surface area contributed by atoms with Crippen LogP contribution in [-0.2, 0) is 4.74 Å². The Morgan fingerprint density at radius 1 is 1.53 bits per heavy atom. The van der Waals surface area contributed by atoms with Gasteiger partial charge in [-0.15, -0.1) is 0 Å². The molecule has 2 amide bonds. The molecule has 0 radical (unpaired) electrons. The monoisotopic (exact) mass is 237 g/mol. The van der Waals surface area contributed by atoms with Gasteiger partial charge in [0.15, 0.2) is 0 Å². The molecule has 0 bridgehead atoms. The minimum atomic E-state index is -0.656. The van der Waals surface area contributed by atoms with Crippen molar-refractivity contribution >= 4 is 11.7 Å². The predicted molar refractivity (Wildman–Crippen MR) is 61.6 cm³/mol. The molecule has 17 heavy (non-hydrogen) atoms. The Bertz CT molecular complexity index is 377. The molecule has 2 rings (SSSR count). The highest BCUT2D eigenvalue weighted by molar-refractivity contribution is 5.89. The molecule has 1 fully saturated rings. The first-order chi connectivity index (χ1) is 8.24. The van der Waals surface area contributed by atoms with Gasteiger partial charge in [-0.2, -0.15) is 0 Å². The van der Waals surface area contributed by atoms with E-state index < -0.39 is 5.54 Å². The van der Waals surface area contributed by atoms with Gasteiger partial charge in [0.1, 0.15) is 0 Å². The summed E-state index contributed by atoms with van der Waals surface area (Å²) in [6, 6.07) is 3.03. The number of hydrogen-bond acceptors (Lipinski definition) is 4. The highest BCUT2D eigenvalue weighted by Gasteiger charge is 2.35. The molecular weight excluding hydrogens is 222 g/mol. The van der Waals surface area contributed by atoms with Crippen LogP contribution in [0.2, 0.25) is 0 Å². The highest BCUT2D eigenvalue weighted by atomic mass is 16.5. The van der Waals surface area contributed by atoms with Gasteiger partial charge in [-0.05, 0) is 18.6 Å². The molecule has 1 unspecified atom stereocenters. The minimum Gasteiger partial charge on any atom is -0.394 e. The summed E-state index contributed by atoms with van der Waals surface area (Å²) in [7, 11) is 0. The molecule has 1 aromatic heterocycles. The molecule has 1 saturated heterocycles. The second-order valence-corrected chi connectivity index (χ2v) is 4.06. The molecular formula is C11H15N3O3. The van der Waals surface area contributed by atoms with Crippen molar-refractivity contribution in [3.63, 3.8) is 0 Å². The molecule has 0 spiro atoms. The maximum atomic E-state index is 11.7. The van der Waals surface area contributed by atoms with Gasteiger partial charge in [0.25, 0.3) is 0 Å². The van der Waals surface area contributed by atoms with Crippen molar-refractivity contribution in [2.24, 2.45) is 0 Å². The van der Waals surface area contributed by atoms with E-state index in [9.17, 15) is 9.90 Å². The van der Waals surface area contributed by atoms with Crippen molar-refractivity contribution in [2.75, 3.05) is 25.1 Å². The van der Waals surface area contributed by atoms with Crippen LogP contribution in [0.5, 0.6) is 0 Å². The van der Waals surface area contributed by atoms with E-state index in [1.807, 2.05) is 0 Å². The SMILES string of the molecule is O=C(Nc1ccncc1)NC1(CO)CCOC1. The third-order valence-electron chi connectivity index (χ3n) is 2.72. The zero-order chi connectivity index (χ0) is 12.1. The number of pyridine rings is 1. The molecule has 6 heteroatoms. The molecule has 2 heterocycles. The average molecular weight is 237 g/mol. The predicted octanol–water partition coefficient (Wildman–Crippen LogP) is 0.354. The number of nitrogens with one attached hydrogen (secondary N) is 2. The first kappa shape index (κ1) is 11.8. The fourth-order valence-corrected chi connectivity index (χ4v) is 1.71. The number of aliphatic hydroxyl groups is 1. The van der Waals surface area contributed by atoms with Crippen LogP contribution in [0.1, 0.15) is 6.42 Å². The number of ether oxygens (including phenoxy) is 1. The number of aromatic nitrogens is 1. The van der Waals surface area contributed by atoms with E-state index >= 15 is 0 Å². The number of carbonyl (C=O) groups is 1. The fourth-order valence-electron chi connectivity index (χ4n) is 1.71. The van der Waals surface area contributed by atoms with E-state index in [0.717, 1.165) is 0 Å². The number of nitrogens with zero attached hydrogens (tertiary/aromatic N) is 1. The Morgan fingerprint density at radius 3 is 2.88 bits per heavy atom. The van der Waals surface area contributed by atoms with Crippen LogP contribution in [0.4, 0.5) is 10.5 Å². The third kappa shape index (κ3) is 2.92. The van der Waals surface area contributed by atoms with E-state index in [4.69, 9.17) is 4.74 Å². The minimum absolute atomic E-state index is 0.128. The molecule has 3 N–H and O–H groups in total. The lowest BCUT2D eigenvalue weighted by atomic mass is 10.0. The zero-order valence-corrected chi connectivity index (χ0v) is 9.35. The number of urea groups is 1.